The normalized spacial score (nSPS) is 27.8. The molecule has 2 rings (SSSR count). The molecule has 1 amide bonds. The number of ether oxygens (including phenoxy) is 1. The van der Waals surface area contributed by atoms with Crippen LogP contribution in [0.15, 0.2) is 0 Å². The lowest BCUT2D eigenvalue weighted by Crippen LogP contribution is -2.47. The molecule has 1 N–H and O–H groups in total. The third kappa shape index (κ3) is 3.26. The summed E-state index contributed by atoms with van der Waals surface area (Å²) in [5, 5.41) is 12.3. The molecule has 2 aliphatic rings. The lowest BCUT2D eigenvalue weighted by molar-refractivity contribution is -0.131. The average Bonchev–Trinajstić information content (AvgIpc) is 2.89. The Balaban J connectivity index is 1.87. The molecule has 5 nitrogen and oxygen atoms in total. The summed E-state index contributed by atoms with van der Waals surface area (Å²) in [5.41, 5.74) is 0. The zero-order valence-corrected chi connectivity index (χ0v) is 11.0. The van der Waals surface area contributed by atoms with Crippen LogP contribution in [0.2, 0.25) is 0 Å². The molecule has 2 atom stereocenters. The van der Waals surface area contributed by atoms with Crippen LogP contribution in [0.3, 0.4) is 0 Å². The van der Waals surface area contributed by atoms with Crippen LogP contribution in [0, 0.1) is 23.7 Å². The third-order valence-electron chi connectivity index (χ3n) is 3.78. The Kier molecular flexibility index (Phi) is 4.79. The molecular formula is C14H19N3O2. The lowest BCUT2D eigenvalue weighted by Gasteiger charge is -2.27. The first-order valence-corrected chi connectivity index (χ1v) is 6.74. The van der Waals surface area contributed by atoms with Crippen LogP contribution < -0.4 is 5.32 Å². The number of rotatable bonds is 3. The van der Waals surface area contributed by atoms with E-state index in [9.17, 15) is 4.79 Å². The number of terminal acetylenes is 1. The summed E-state index contributed by atoms with van der Waals surface area (Å²) in [6.07, 6.45) is 8.67. The minimum Gasteiger partial charge on any atom is -0.381 e. The highest BCUT2D eigenvalue weighted by molar-refractivity contribution is 5.80. The van der Waals surface area contributed by atoms with E-state index in [4.69, 9.17) is 16.4 Å². The number of likely N-dealkylation sites (tertiary alicyclic amines) is 1. The molecule has 2 fully saturated rings. The fraction of sp³-hybridized carbons (Fsp3) is 0.714. The van der Waals surface area contributed by atoms with E-state index < -0.39 is 0 Å². The van der Waals surface area contributed by atoms with Crippen molar-refractivity contribution in [3.05, 3.63) is 0 Å². The van der Waals surface area contributed by atoms with Gasteiger partial charge in [0.05, 0.1) is 18.7 Å². The highest BCUT2D eigenvalue weighted by Crippen LogP contribution is 2.23. The summed E-state index contributed by atoms with van der Waals surface area (Å²) >= 11 is 0. The Bertz CT molecular complexity index is 382. The summed E-state index contributed by atoms with van der Waals surface area (Å²) in [7, 11) is 0. The number of amides is 1. The number of nitriles is 1. The highest BCUT2D eigenvalue weighted by Gasteiger charge is 2.35. The molecule has 2 heterocycles. The summed E-state index contributed by atoms with van der Waals surface area (Å²) in [6, 6.07) is 1.88. The third-order valence-corrected chi connectivity index (χ3v) is 3.78. The molecule has 102 valence electrons. The summed E-state index contributed by atoms with van der Waals surface area (Å²) in [6.45, 7) is 1.73. The monoisotopic (exact) mass is 261 g/mol. The number of hydrogen-bond acceptors (Lipinski definition) is 4. The van der Waals surface area contributed by atoms with Crippen LogP contribution in [0.1, 0.15) is 25.7 Å². The van der Waals surface area contributed by atoms with Gasteiger partial charge in [0.2, 0.25) is 5.91 Å². The second-order valence-corrected chi connectivity index (χ2v) is 4.97. The van der Waals surface area contributed by atoms with Gasteiger partial charge in [-0.1, -0.05) is 5.92 Å². The molecule has 2 aliphatic heterocycles. The average molecular weight is 261 g/mol. The molecular weight excluding hydrogens is 242 g/mol. The molecule has 0 aromatic rings. The van der Waals surface area contributed by atoms with Gasteiger partial charge in [-0.3, -0.25) is 4.79 Å². The zero-order chi connectivity index (χ0) is 13.7. The highest BCUT2D eigenvalue weighted by atomic mass is 16.5. The van der Waals surface area contributed by atoms with Gasteiger partial charge in [0.1, 0.15) is 6.04 Å². The molecule has 5 heteroatoms. The number of carbonyl (C=O) groups is 1. The first-order chi connectivity index (χ1) is 9.26. The molecule has 0 aromatic heterocycles. The molecule has 0 bridgehead atoms. The van der Waals surface area contributed by atoms with Crippen molar-refractivity contribution in [1.82, 2.24) is 10.2 Å². The fourth-order valence-electron chi connectivity index (χ4n) is 2.67. The van der Waals surface area contributed by atoms with Gasteiger partial charge in [-0.2, -0.15) is 5.26 Å². The van der Waals surface area contributed by atoms with Crippen molar-refractivity contribution in [3.63, 3.8) is 0 Å². The SMILES string of the molecule is C#C[C@H]1CC[C@@H](C#N)N1C(=O)CNC1CCOCC1. The standard InChI is InChI=1S/C14H19N3O2/c1-2-12-3-4-13(9-15)17(12)14(18)10-16-11-5-7-19-8-6-11/h1,11-13,16H,3-8,10H2/t12-,13-/m0/s1. The van der Waals surface area contributed by atoms with E-state index in [0.717, 1.165) is 32.5 Å². The predicted octanol–water partition coefficient (Wildman–Crippen LogP) is 0.271. The second kappa shape index (κ2) is 6.56. The smallest absolute Gasteiger partial charge is 0.238 e. The summed E-state index contributed by atoms with van der Waals surface area (Å²) in [5.74, 6) is 2.53. The summed E-state index contributed by atoms with van der Waals surface area (Å²) < 4.78 is 5.27. The van der Waals surface area contributed by atoms with Crippen molar-refractivity contribution in [1.29, 1.82) is 5.26 Å². The van der Waals surface area contributed by atoms with Crippen LogP contribution in [0.5, 0.6) is 0 Å². The van der Waals surface area contributed by atoms with Gasteiger partial charge < -0.3 is 15.0 Å². The number of carbonyl (C=O) groups excluding carboxylic acids is 1. The minimum absolute atomic E-state index is 0.0708. The Labute approximate surface area is 113 Å². The maximum Gasteiger partial charge on any atom is 0.238 e. The van der Waals surface area contributed by atoms with Gasteiger partial charge in [0.15, 0.2) is 0 Å². The van der Waals surface area contributed by atoms with Crippen molar-refractivity contribution >= 4 is 5.91 Å². The van der Waals surface area contributed by atoms with Gasteiger partial charge in [-0.05, 0) is 25.7 Å². The van der Waals surface area contributed by atoms with E-state index in [-0.39, 0.29) is 24.5 Å². The van der Waals surface area contributed by atoms with E-state index in [1.54, 1.807) is 4.90 Å². The zero-order valence-electron chi connectivity index (χ0n) is 11.0. The Morgan fingerprint density at radius 1 is 1.32 bits per heavy atom. The summed E-state index contributed by atoms with van der Waals surface area (Å²) in [4.78, 5) is 13.8. The molecule has 19 heavy (non-hydrogen) atoms. The minimum atomic E-state index is -0.370. The largest absolute Gasteiger partial charge is 0.381 e. The van der Waals surface area contributed by atoms with Gasteiger partial charge in [-0.25, -0.2) is 0 Å². The van der Waals surface area contributed by atoms with Crippen LogP contribution >= 0.6 is 0 Å². The Morgan fingerprint density at radius 3 is 2.63 bits per heavy atom. The van der Waals surface area contributed by atoms with Gasteiger partial charge in [-0.15, -0.1) is 6.42 Å². The van der Waals surface area contributed by atoms with E-state index >= 15 is 0 Å². The predicted molar refractivity (Wildman–Crippen MR) is 69.9 cm³/mol. The van der Waals surface area contributed by atoms with E-state index in [1.807, 2.05) is 0 Å². The molecule has 0 aliphatic carbocycles. The number of hydrogen-bond donors (Lipinski definition) is 1. The Morgan fingerprint density at radius 2 is 2.00 bits per heavy atom. The van der Waals surface area contributed by atoms with Gasteiger partial charge in [0.25, 0.3) is 0 Å². The van der Waals surface area contributed by atoms with Crippen LogP contribution in [0.25, 0.3) is 0 Å². The van der Waals surface area contributed by atoms with Crippen LogP contribution in [0.4, 0.5) is 0 Å². The topological polar surface area (TPSA) is 65.4 Å². The number of nitrogens with one attached hydrogen (secondary N) is 1. The number of nitrogens with zero attached hydrogens (tertiary/aromatic N) is 2. The molecule has 0 radical (unpaired) electrons. The van der Waals surface area contributed by atoms with Crippen molar-refractivity contribution in [3.8, 4) is 18.4 Å². The second-order valence-electron chi connectivity index (χ2n) is 4.97. The Hall–Kier alpha value is -1.56. The van der Waals surface area contributed by atoms with Crippen LogP contribution in [-0.2, 0) is 9.53 Å². The van der Waals surface area contributed by atoms with Gasteiger partial charge >= 0.3 is 0 Å². The molecule has 2 saturated heterocycles. The molecule has 0 unspecified atom stereocenters. The van der Waals surface area contributed by atoms with Crippen molar-refractivity contribution < 1.29 is 9.53 Å². The van der Waals surface area contributed by atoms with Gasteiger partial charge in [0, 0.05) is 19.3 Å². The van der Waals surface area contributed by atoms with E-state index in [2.05, 4.69) is 17.3 Å². The van der Waals surface area contributed by atoms with Crippen molar-refractivity contribution in [2.75, 3.05) is 19.8 Å². The van der Waals surface area contributed by atoms with E-state index in [0.29, 0.717) is 12.5 Å². The quantitative estimate of drug-likeness (QED) is 0.741. The van der Waals surface area contributed by atoms with Crippen molar-refractivity contribution in [2.24, 2.45) is 0 Å². The fourth-order valence-corrected chi connectivity index (χ4v) is 2.67. The molecule has 0 aromatic carbocycles. The molecule has 0 spiro atoms. The maximum atomic E-state index is 12.2. The molecule has 0 saturated carbocycles. The lowest BCUT2D eigenvalue weighted by atomic mass is 10.1. The van der Waals surface area contributed by atoms with E-state index in [1.165, 1.54) is 0 Å². The van der Waals surface area contributed by atoms with Crippen molar-refractivity contribution in [2.45, 2.75) is 43.8 Å². The maximum absolute atomic E-state index is 12.2. The first-order valence-electron chi connectivity index (χ1n) is 6.74. The van der Waals surface area contributed by atoms with Crippen LogP contribution in [-0.4, -0.2) is 48.7 Å². The first kappa shape index (κ1) is 13.9.